The second-order valence-corrected chi connectivity index (χ2v) is 2.91. The Hall–Kier alpha value is -2.60. The fourth-order valence-electron chi connectivity index (χ4n) is 0.867. The third-order valence-electron chi connectivity index (χ3n) is 1.93. The van der Waals surface area contributed by atoms with Crippen LogP contribution in [0.15, 0.2) is 0 Å². The average Bonchev–Trinajstić information content (AvgIpc) is 2.16. The van der Waals surface area contributed by atoms with Gasteiger partial charge in [-0.15, -0.1) is 5.01 Å². The van der Waals surface area contributed by atoms with Gasteiger partial charge in [0.25, 0.3) is 0 Å². The monoisotopic (exact) mass is 253 g/mol. The van der Waals surface area contributed by atoms with E-state index < -0.39 is 38.6 Å². The summed E-state index contributed by atoms with van der Waals surface area (Å²) in [7, 11) is 0.880. The molecule has 0 bridgehead atoms. The number of hydrogen-bond donors (Lipinski definition) is 0. The Morgan fingerprint density at radius 1 is 0.941 bits per heavy atom. The summed E-state index contributed by atoms with van der Waals surface area (Å²) in [4.78, 5) is 36.4. The summed E-state index contributed by atoms with van der Waals surface area (Å²) in [5.74, 6) is -3.66. The quantitative estimate of drug-likeness (QED) is 0.312. The molecule has 0 spiro atoms. The van der Waals surface area contributed by atoms with Gasteiger partial charge in [0.05, 0.1) is 7.05 Å². The van der Waals surface area contributed by atoms with E-state index in [1.165, 1.54) is 0 Å². The molecule has 0 unspecified atom stereocenters. The van der Waals surface area contributed by atoms with E-state index in [1.54, 1.807) is 0 Å². The van der Waals surface area contributed by atoms with Crippen LogP contribution in [0.3, 0.4) is 0 Å². The molecule has 96 valence electrons. The molecule has 0 saturated carbocycles. The molecule has 0 saturated heterocycles. The van der Waals surface area contributed by atoms with Gasteiger partial charge in [0.2, 0.25) is 0 Å². The normalized spacial score (nSPS) is 10.6. The van der Waals surface area contributed by atoms with Gasteiger partial charge < -0.3 is 0 Å². The van der Waals surface area contributed by atoms with E-state index in [0.29, 0.717) is 0 Å². The van der Waals surface area contributed by atoms with Crippen LogP contribution in [0.25, 0.3) is 0 Å². The second kappa shape index (κ2) is 4.95. The van der Waals surface area contributed by atoms with Crippen LogP contribution in [-0.2, 0) is 0 Å². The van der Waals surface area contributed by atoms with Crippen molar-refractivity contribution >= 4 is 0 Å². The van der Waals surface area contributed by atoms with Crippen LogP contribution >= 0.6 is 0 Å². The average molecular weight is 253 g/mol. The standard InChI is InChI=1S/C4H7N5O8/c1-5(9(16)17)3-2-4(6(10)11,7(12)13)8(14)15/h2-3H2,1H3. The highest BCUT2D eigenvalue weighted by Crippen LogP contribution is 2.17. The predicted octanol–water partition coefficient (Wildman–Crippen LogP) is -1.02. The maximum Gasteiger partial charge on any atom is 0.701 e. The molecular formula is C4H7N5O8. The van der Waals surface area contributed by atoms with Crippen LogP contribution in [-0.4, -0.2) is 44.2 Å². The molecular weight excluding hydrogens is 246 g/mol. The van der Waals surface area contributed by atoms with Crippen LogP contribution in [0.4, 0.5) is 0 Å². The van der Waals surface area contributed by atoms with E-state index in [2.05, 4.69) is 0 Å². The summed E-state index contributed by atoms with van der Waals surface area (Å²) < 4.78 is 0. The van der Waals surface area contributed by atoms with Crippen LogP contribution < -0.4 is 0 Å². The van der Waals surface area contributed by atoms with Gasteiger partial charge in [-0.1, -0.05) is 0 Å². The lowest BCUT2D eigenvalue weighted by atomic mass is 10.2. The van der Waals surface area contributed by atoms with Gasteiger partial charge in [0.15, 0.2) is 26.2 Å². The minimum atomic E-state index is -3.66. The molecule has 0 rings (SSSR count). The molecule has 0 aromatic heterocycles. The van der Waals surface area contributed by atoms with Gasteiger partial charge >= 0.3 is 5.79 Å². The molecule has 0 aromatic carbocycles. The van der Waals surface area contributed by atoms with Crippen LogP contribution in [0.5, 0.6) is 0 Å². The topological polar surface area (TPSA) is 176 Å². The molecule has 0 amide bonds. The molecule has 0 radical (unpaired) electrons. The number of nitro groups is 4. The molecule has 13 nitrogen and oxygen atoms in total. The Morgan fingerprint density at radius 3 is 1.53 bits per heavy atom. The fraction of sp³-hybridized carbons (Fsp3) is 1.00. The molecule has 17 heavy (non-hydrogen) atoms. The van der Waals surface area contributed by atoms with Gasteiger partial charge in [0.1, 0.15) is 6.54 Å². The summed E-state index contributed by atoms with van der Waals surface area (Å²) >= 11 is 0. The largest absolute Gasteiger partial charge is 0.701 e. The number of hydrazine groups is 1. The highest BCUT2D eigenvalue weighted by molar-refractivity contribution is 4.55. The SMILES string of the molecule is CN(CCC([N+](=O)[O-])([N+](=O)[O-])[N+](=O)[O-])[N+](=O)[O-]. The van der Waals surface area contributed by atoms with E-state index in [-0.39, 0.29) is 5.01 Å². The fourth-order valence-corrected chi connectivity index (χ4v) is 0.867. The van der Waals surface area contributed by atoms with Crippen molar-refractivity contribution in [2.45, 2.75) is 12.2 Å². The zero-order valence-corrected chi connectivity index (χ0v) is 8.42. The van der Waals surface area contributed by atoms with Crippen molar-refractivity contribution in [1.29, 1.82) is 0 Å². The highest BCUT2D eigenvalue weighted by atomic mass is 16.7. The van der Waals surface area contributed by atoms with E-state index >= 15 is 0 Å². The van der Waals surface area contributed by atoms with Crippen molar-refractivity contribution in [2.75, 3.05) is 13.6 Å². The second-order valence-electron chi connectivity index (χ2n) is 2.91. The first kappa shape index (κ1) is 14.4. The van der Waals surface area contributed by atoms with Crippen molar-refractivity contribution < 1.29 is 19.8 Å². The third kappa shape index (κ3) is 2.70. The first-order valence-corrected chi connectivity index (χ1v) is 3.95. The van der Waals surface area contributed by atoms with Crippen molar-refractivity contribution in [1.82, 2.24) is 5.01 Å². The Labute approximate surface area is 92.2 Å². The first-order chi connectivity index (χ1) is 7.66. The summed E-state index contributed by atoms with van der Waals surface area (Å²) in [5, 5.41) is 40.7. The Kier molecular flexibility index (Phi) is 4.19. The van der Waals surface area contributed by atoms with Crippen LogP contribution in [0.1, 0.15) is 6.42 Å². The third-order valence-corrected chi connectivity index (χ3v) is 1.93. The van der Waals surface area contributed by atoms with E-state index in [4.69, 9.17) is 0 Å². The number of nitrogens with zero attached hydrogens (tertiary/aromatic N) is 5. The lowest BCUT2D eigenvalue weighted by Gasteiger charge is -2.10. The Balaban J connectivity index is 5.08. The number of hydrogen-bond acceptors (Lipinski definition) is 8. The first-order valence-electron chi connectivity index (χ1n) is 3.95. The summed E-state index contributed by atoms with van der Waals surface area (Å²) in [6.07, 6.45) is -1.22. The summed E-state index contributed by atoms with van der Waals surface area (Å²) in [6, 6.07) is 0. The van der Waals surface area contributed by atoms with Gasteiger partial charge in [0, 0.05) is 0 Å². The van der Waals surface area contributed by atoms with E-state index in [1.807, 2.05) is 0 Å². The molecule has 0 aliphatic rings. The van der Waals surface area contributed by atoms with Gasteiger partial charge in [-0.05, 0) is 0 Å². The zero-order valence-electron chi connectivity index (χ0n) is 8.42. The smallest absolute Gasteiger partial charge is 0.253 e. The van der Waals surface area contributed by atoms with Gasteiger partial charge in [-0.25, -0.2) is 10.1 Å². The molecule has 13 heteroatoms. The van der Waals surface area contributed by atoms with Crippen molar-refractivity contribution in [3.8, 4) is 0 Å². The minimum absolute atomic E-state index is 0.283. The van der Waals surface area contributed by atoms with Gasteiger partial charge in [-0.2, -0.15) is 0 Å². The van der Waals surface area contributed by atoms with Crippen molar-refractivity contribution in [3.05, 3.63) is 40.5 Å². The van der Waals surface area contributed by atoms with Crippen molar-refractivity contribution in [2.24, 2.45) is 0 Å². The van der Waals surface area contributed by atoms with Crippen LogP contribution in [0.2, 0.25) is 0 Å². The number of rotatable bonds is 7. The maximum atomic E-state index is 10.4. The molecule has 0 heterocycles. The molecule has 0 aliphatic heterocycles. The lowest BCUT2D eigenvalue weighted by Crippen LogP contribution is -2.54. The molecule has 0 atom stereocenters. The van der Waals surface area contributed by atoms with Crippen molar-refractivity contribution in [3.63, 3.8) is 0 Å². The van der Waals surface area contributed by atoms with Gasteiger partial charge in [-0.3, -0.25) is 30.3 Å². The summed E-state index contributed by atoms with van der Waals surface area (Å²) in [6.45, 7) is -0.810. The molecule has 0 aliphatic carbocycles. The maximum absolute atomic E-state index is 10.4. The molecule has 0 fully saturated rings. The minimum Gasteiger partial charge on any atom is -0.253 e. The summed E-state index contributed by atoms with van der Waals surface area (Å²) in [5.41, 5.74) is 0. The Morgan fingerprint density at radius 2 is 1.29 bits per heavy atom. The zero-order chi connectivity index (χ0) is 13.8. The molecule has 0 aromatic rings. The predicted molar refractivity (Wildman–Crippen MR) is 48.0 cm³/mol. The van der Waals surface area contributed by atoms with E-state index in [9.17, 15) is 40.5 Å². The molecule has 0 N–H and O–H groups in total. The highest BCUT2D eigenvalue weighted by Gasteiger charge is 2.70. The lowest BCUT2D eigenvalue weighted by molar-refractivity contribution is -0.970. The van der Waals surface area contributed by atoms with E-state index in [0.717, 1.165) is 7.05 Å². The van der Waals surface area contributed by atoms with Crippen LogP contribution in [0, 0.1) is 40.5 Å². The Bertz CT molecular complexity index is 331.